The van der Waals surface area contributed by atoms with Crippen molar-refractivity contribution in [2.75, 3.05) is 26.2 Å². The van der Waals surface area contributed by atoms with E-state index >= 15 is 0 Å². The summed E-state index contributed by atoms with van der Waals surface area (Å²) in [6, 6.07) is 5.94. The first-order valence-electron chi connectivity index (χ1n) is 9.55. The van der Waals surface area contributed by atoms with Crippen molar-refractivity contribution in [1.82, 2.24) is 9.80 Å². The van der Waals surface area contributed by atoms with Gasteiger partial charge in [-0.1, -0.05) is 23.8 Å². The molecule has 1 aliphatic heterocycles. The molecule has 0 bridgehead atoms. The van der Waals surface area contributed by atoms with Gasteiger partial charge in [-0.25, -0.2) is 4.79 Å². The third-order valence-corrected chi connectivity index (χ3v) is 4.56. The Hall–Kier alpha value is -2.63. The van der Waals surface area contributed by atoms with Crippen molar-refractivity contribution in [3.8, 4) is 0 Å². The Morgan fingerprint density at radius 2 is 1.57 bits per heavy atom. The van der Waals surface area contributed by atoms with E-state index in [4.69, 9.17) is 4.74 Å². The van der Waals surface area contributed by atoms with E-state index in [1.165, 1.54) is 6.92 Å². The van der Waals surface area contributed by atoms with Gasteiger partial charge in [0.25, 0.3) is 5.91 Å². The van der Waals surface area contributed by atoms with Gasteiger partial charge in [0.2, 0.25) is 0 Å². The van der Waals surface area contributed by atoms with Crippen LogP contribution in [-0.4, -0.2) is 59.4 Å². The molecule has 1 saturated heterocycles. The molecule has 2 rings (SSSR count). The largest absolute Gasteiger partial charge is 0.444 e. The van der Waals surface area contributed by atoms with Crippen molar-refractivity contribution in [2.45, 2.75) is 47.1 Å². The minimum absolute atomic E-state index is 0.166. The molecule has 1 aliphatic rings. The molecule has 0 unspecified atom stereocenters. The van der Waals surface area contributed by atoms with E-state index in [1.807, 2.05) is 52.8 Å². The Labute approximate surface area is 167 Å². The van der Waals surface area contributed by atoms with E-state index in [0.29, 0.717) is 26.2 Å². The third kappa shape index (κ3) is 5.68. The Balaban J connectivity index is 2.11. The van der Waals surface area contributed by atoms with Crippen LogP contribution in [0.2, 0.25) is 0 Å². The molecular weight excluding hydrogens is 356 g/mol. The zero-order valence-electron chi connectivity index (χ0n) is 17.7. The van der Waals surface area contributed by atoms with Crippen LogP contribution in [0, 0.1) is 13.8 Å². The number of aryl methyl sites for hydroxylation is 2. The number of carbonyl (C=O) groups excluding carboxylic acids is 3. The molecule has 1 aromatic carbocycles. The van der Waals surface area contributed by atoms with E-state index in [9.17, 15) is 14.4 Å². The molecule has 0 spiro atoms. The number of carbonyl (C=O) groups is 3. The minimum atomic E-state index is -0.555. The van der Waals surface area contributed by atoms with Crippen molar-refractivity contribution in [3.63, 3.8) is 0 Å². The van der Waals surface area contributed by atoms with Crippen LogP contribution in [0.5, 0.6) is 0 Å². The molecule has 1 aromatic rings. The second-order valence-corrected chi connectivity index (χ2v) is 8.23. The van der Waals surface area contributed by atoms with Gasteiger partial charge in [-0.15, -0.1) is 0 Å². The monoisotopic (exact) mass is 386 g/mol. The lowest BCUT2D eigenvalue weighted by Crippen LogP contribution is -2.52. The lowest BCUT2D eigenvalue weighted by Gasteiger charge is -2.35. The number of Topliss-reactive ketones (excluding diaryl/α,β-unsaturated/α-hetero) is 1. The summed E-state index contributed by atoms with van der Waals surface area (Å²) >= 11 is 0. The fourth-order valence-electron chi connectivity index (χ4n) is 2.97. The standard InChI is InChI=1S/C22H30N2O4/c1-15-7-8-16(2)18(13-15)14-19(17(3)25)20(26)23-9-11-24(12-10-23)21(27)28-22(4,5)6/h7-8,13-14H,9-12H2,1-6H3. The van der Waals surface area contributed by atoms with Gasteiger partial charge in [0, 0.05) is 26.2 Å². The summed E-state index contributed by atoms with van der Waals surface area (Å²) in [4.78, 5) is 40.5. The SMILES string of the molecule is CC(=O)C(=Cc1cc(C)ccc1C)C(=O)N1CCN(C(=O)OC(C)(C)C)CC1. The lowest BCUT2D eigenvalue weighted by molar-refractivity contribution is -0.130. The predicted octanol–water partition coefficient (Wildman–Crippen LogP) is 3.36. The number of hydrogen-bond acceptors (Lipinski definition) is 4. The highest BCUT2D eigenvalue weighted by atomic mass is 16.6. The molecule has 0 aliphatic carbocycles. The molecule has 0 saturated carbocycles. The van der Waals surface area contributed by atoms with Crippen LogP contribution in [-0.2, 0) is 14.3 Å². The average Bonchev–Trinajstić information content (AvgIpc) is 2.60. The van der Waals surface area contributed by atoms with Gasteiger partial charge in [-0.05, 0) is 58.7 Å². The lowest BCUT2D eigenvalue weighted by atomic mass is 10.0. The van der Waals surface area contributed by atoms with Gasteiger partial charge in [0.05, 0.1) is 5.57 Å². The van der Waals surface area contributed by atoms with Crippen LogP contribution in [0.3, 0.4) is 0 Å². The number of piperazine rings is 1. The second kappa shape index (κ2) is 8.59. The van der Waals surface area contributed by atoms with Gasteiger partial charge in [0.1, 0.15) is 5.60 Å². The van der Waals surface area contributed by atoms with E-state index in [-0.39, 0.29) is 23.4 Å². The summed E-state index contributed by atoms with van der Waals surface area (Å²) < 4.78 is 5.38. The van der Waals surface area contributed by atoms with Crippen LogP contribution < -0.4 is 0 Å². The number of amides is 2. The number of nitrogens with zero attached hydrogens (tertiary/aromatic N) is 2. The molecule has 1 heterocycles. The Morgan fingerprint density at radius 1 is 1.00 bits per heavy atom. The van der Waals surface area contributed by atoms with Crippen molar-refractivity contribution in [3.05, 3.63) is 40.5 Å². The van der Waals surface area contributed by atoms with Crippen LogP contribution in [0.4, 0.5) is 4.79 Å². The molecule has 6 heteroatoms. The van der Waals surface area contributed by atoms with Gasteiger partial charge in [-0.3, -0.25) is 9.59 Å². The average molecular weight is 386 g/mol. The minimum Gasteiger partial charge on any atom is -0.444 e. The first-order chi connectivity index (χ1) is 13.0. The Bertz CT molecular complexity index is 797. The fraction of sp³-hybridized carbons (Fsp3) is 0.500. The maximum atomic E-state index is 12.9. The number of benzene rings is 1. The summed E-state index contributed by atoms with van der Waals surface area (Å²) in [6.45, 7) is 12.3. The smallest absolute Gasteiger partial charge is 0.410 e. The zero-order valence-corrected chi connectivity index (χ0v) is 17.7. The molecule has 1 fully saturated rings. The Morgan fingerprint density at radius 3 is 2.11 bits per heavy atom. The summed E-state index contributed by atoms with van der Waals surface area (Å²) in [6.07, 6.45) is 1.30. The first-order valence-corrected chi connectivity index (χ1v) is 9.55. The fourth-order valence-corrected chi connectivity index (χ4v) is 2.97. The summed E-state index contributed by atoms with van der Waals surface area (Å²) in [5.41, 5.74) is 2.55. The first kappa shape index (κ1) is 21.7. The number of ketones is 1. The Kier molecular flexibility index (Phi) is 6.65. The molecular formula is C22H30N2O4. The summed E-state index contributed by atoms with van der Waals surface area (Å²) in [5, 5.41) is 0. The van der Waals surface area contributed by atoms with E-state index in [0.717, 1.165) is 16.7 Å². The number of hydrogen-bond donors (Lipinski definition) is 0. The molecule has 0 aromatic heterocycles. The molecule has 0 N–H and O–H groups in total. The summed E-state index contributed by atoms with van der Waals surface area (Å²) in [7, 11) is 0. The van der Waals surface area contributed by atoms with Crippen molar-refractivity contribution in [2.24, 2.45) is 0 Å². The van der Waals surface area contributed by atoms with E-state index in [2.05, 4.69) is 0 Å². The molecule has 6 nitrogen and oxygen atoms in total. The highest BCUT2D eigenvalue weighted by Gasteiger charge is 2.29. The van der Waals surface area contributed by atoms with Gasteiger partial charge >= 0.3 is 6.09 Å². The van der Waals surface area contributed by atoms with Crippen molar-refractivity contribution < 1.29 is 19.1 Å². The number of rotatable bonds is 3. The number of ether oxygens (including phenoxy) is 1. The van der Waals surface area contributed by atoms with Crippen LogP contribution in [0.1, 0.15) is 44.4 Å². The molecule has 0 atom stereocenters. The third-order valence-electron chi connectivity index (χ3n) is 4.56. The van der Waals surface area contributed by atoms with Gasteiger partial charge < -0.3 is 14.5 Å². The summed E-state index contributed by atoms with van der Waals surface area (Å²) in [5.74, 6) is -0.558. The second-order valence-electron chi connectivity index (χ2n) is 8.23. The normalized spacial score (nSPS) is 15.4. The maximum Gasteiger partial charge on any atom is 0.410 e. The molecule has 152 valence electrons. The quantitative estimate of drug-likeness (QED) is 0.454. The highest BCUT2D eigenvalue weighted by Crippen LogP contribution is 2.18. The van der Waals surface area contributed by atoms with Gasteiger partial charge in [-0.2, -0.15) is 0 Å². The topological polar surface area (TPSA) is 66.9 Å². The van der Waals surface area contributed by atoms with E-state index < -0.39 is 5.60 Å². The predicted molar refractivity (Wildman–Crippen MR) is 109 cm³/mol. The van der Waals surface area contributed by atoms with E-state index in [1.54, 1.807) is 15.9 Å². The highest BCUT2D eigenvalue weighted by molar-refractivity contribution is 6.21. The van der Waals surface area contributed by atoms with Crippen LogP contribution >= 0.6 is 0 Å². The van der Waals surface area contributed by atoms with Crippen LogP contribution in [0.25, 0.3) is 6.08 Å². The van der Waals surface area contributed by atoms with Gasteiger partial charge in [0.15, 0.2) is 5.78 Å². The van der Waals surface area contributed by atoms with Crippen molar-refractivity contribution >= 4 is 23.9 Å². The van der Waals surface area contributed by atoms with Crippen molar-refractivity contribution in [1.29, 1.82) is 0 Å². The molecule has 2 amide bonds. The molecule has 0 radical (unpaired) electrons. The molecule has 28 heavy (non-hydrogen) atoms. The maximum absolute atomic E-state index is 12.9. The zero-order chi connectivity index (χ0) is 21.1. The van der Waals surface area contributed by atoms with Crippen LogP contribution in [0.15, 0.2) is 23.8 Å².